The van der Waals surface area contributed by atoms with Gasteiger partial charge in [-0.2, -0.15) is 4.98 Å². The average Bonchev–Trinajstić information content (AvgIpc) is 3.47. The van der Waals surface area contributed by atoms with Gasteiger partial charge >= 0.3 is 0 Å². The number of carbonyl (C=O) groups is 1. The third kappa shape index (κ3) is 6.01. The van der Waals surface area contributed by atoms with E-state index >= 15 is 0 Å². The van der Waals surface area contributed by atoms with Crippen molar-refractivity contribution < 1.29 is 9.32 Å². The Kier molecular flexibility index (Phi) is 8.02. The Morgan fingerprint density at radius 3 is 2.12 bits per heavy atom. The van der Waals surface area contributed by atoms with Crippen LogP contribution in [0.15, 0.2) is 89.5 Å². The van der Waals surface area contributed by atoms with Crippen molar-refractivity contribution in [3.63, 3.8) is 0 Å². The molecule has 2 aliphatic rings. The molecule has 0 aliphatic carbocycles. The van der Waals surface area contributed by atoms with E-state index in [1.54, 1.807) is 0 Å². The highest BCUT2D eigenvalue weighted by molar-refractivity contribution is 5.79. The van der Waals surface area contributed by atoms with Gasteiger partial charge in [-0.25, -0.2) is 0 Å². The number of hydrogen-bond donors (Lipinski definition) is 0. The molecule has 6 rings (SSSR count). The van der Waals surface area contributed by atoms with Crippen LogP contribution in [0.25, 0.3) is 11.4 Å². The van der Waals surface area contributed by atoms with Gasteiger partial charge in [0.25, 0.3) is 0 Å². The third-order valence-electron chi connectivity index (χ3n) is 8.26. The highest BCUT2D eigenvalue weighted by Gasteiger charge is 2.33. The molecule has 4 aromatic rings. The van der Waals surface area contributed by atoms with Crippen LogP contribution in [0.5, 0.6) is 0 Å². The maximum absolute atomic E-state index is 13.5. The van der Waals surface area contributed by atoms with E-state index in [9.17, 15) is 4.79 Å². The second-order valence-corrected chi connectivity index (χ2v) is 11.0. The summed E-state index contributed by atoms with van der Waals surface area (Å²) in [4.78, 5) is 25.0. The van der Waals surface area contributed by atoms with Gasteiger partial charge in [0.1, 0.15) is 0 Å². The van der Waals surface area contributed by atoms with Crippen molar-refractivity contribution in [2.75, 3.05) is 39.3 Å². The molecule has 0 unspecified atom stereocenters. The summed E-state index contributed by atoms with van der Waals surface area (Å²) in [5.41, 5.74) is 4.74. The first-order chi connectivity index (χ1) is 19.6. The normalized spacial score (nSPS) is 17.4. The Hall–Kier alpha value is -3.81. The summed E-state index contributed by atoms with van der Waals surface area (Å²) in [6.07, 6.45) is 1.74. The fourth-order valence-electron chi connectivity index (χ4n) is 6.09. The number of rotatable bonds is 7. The molecule has 0 radical (unpaired) electrons. The maximum Gasteiger partial charge on any atom is 0.241 e. The van der Waals surface area contributed by atoms with Gasteiger partial charge < -0.3 is 9.42 Å². The van der Waals surface area contributed by atoms with Crippen LogP contribution in [0.2, 0.25) is 0 Å². The second-order valence-electron chi connectivity index (χ2n) is 11.0. The topological polar surface area (TPSA) is 65.7 Å². The minimum absolute atomic E-state index is 0.0902. The van der Waals surface area contributed by atoms with E-state index in [2.05, 4.69) is 105 Å². The summed E-state index contributed by atoms with van der Waals surface area (Å²) >= 11 is 0. The first-order valence-corrected chi connectivity index (χ1v) is 14.4. The van der Waals surface area contributed by atoms with Crippen molar-refractivity contribution in [1.82, 2.24) is 24.8 Å². The van der Waals surface area contributed by atoms with Gasteiger partial charge in [-0.05, 0) is 50.0 Å². The molecule has 40 heavy (non-hydrogen) atoms. The van der Waals surface area contributed by atoms with E-state index in [1.807, 2.05) is 12.1 Å². The summed E-state index contributed by atoms with van der Waals surface area (Å²) in [6.45, 7) is 7.71. The van der Waals surface area contributed by atoms with Crippen LogP contribution in [0.1, 0.15) is 41.5 Å². The molecule has 1 amide bonds. The minimum atomic E-state index is 0.0902. The molecule has 7 heteroatoms. The van der Waals surface area contributed by atoms with Gasteiger partial charge in [-0.3, -0.25) is 14.6 Å². The molecule has 206 valence electrons. The number of hydrogen-bond acceptors (Lipinski definition) is 6. The highest BCUT2D eigenvalue weighted by atomic mass is 16.5. The number of piperazine rings is 1. The maximum atomic E-state index is 13.5. The zero-order chi connectivity index (χ0) is 27.3. The Labute approximate surface area is 236 Å². The minimum Gasteiger partial charge on any atom is -0.340 e. The van der Waals surface area contributed by atoms with Crippen molar-refractivity contribution in [2.24, 2.45) is 5.92 Å². The zero-order valence-electron chi connectivity index (χ0n) is 23.2. The average molecular weight is 536 g/mol. The van der Waals surface area contributed by atoms with Crippen LogP contribution < -0.4 is 0 Å². The van der Waals surface area contributed by atoms with Crippen molar-refractivity contribution in [3.05, 3.63) is 108 Å². The highest BCUT2D eigenvalue weighted by Crippen LogP contribution is 2.30. The molecule has 1 aromatic heterocycles. The molecular weight excluding hydrogens is 498 g/mol. The summed E-state index contributed by atoms with van der Waals surface area (Å²) in [7, 11) is 0. The van der Waals surface area contributed by atoms with E-state index < -0.39 is 0 Å². The van der Waals surface area contributed by atoms with Crippen LogP contribution >= 0.6 is 0 Å². The Bertz CT molecular complexity index is 1350. The van der Waals surface area contributed by atoms with Gasteiger partial charge in [-0.1, -0.05) is 89.6 Å². The Morgan fingerprint density at radius 1 is 0.850 bits per heavy atom. The number of amides is 1. The lowest BCUT2D eigenvalue weighted by atomic mass is 9.94. The standard InChI is InChI=1S/C33H37N5O2/c1-25-9-8-14-29(23-25)32-34-30(40-35-32)24-36-17-15-28(16-18-36)33(39)38-21-19-37(20-22-38)31(26-10-4-2-5-11-26)27-12-6-3-7-13-27/h2-14,23,28,31H,15-22,24H2,1H3. The van der Waals surface area contributed by atoms with Crippen molar-refractivity contribution >= 4 is 5.91 Å². The van der Waals surface area contributed by atoms with Gasteiger partial charge in [0.15, 0.2) is 0 Å². The third-order valence-corrected chi connectivity index (χ3v) is 8.26. The van der Waals surface area contributed by atoms with E-state index in [0.29, 0.717) is 24.2 Å². The van der Waals surface area contributed by atoms with E-state index in [1.165, 1.54) is 16.7 Å². The van der Waals surface area contributed by atoms with E-state index in [4.69, 9.17) is 4.52 Å². The van der Waals surface area contributed by atoms with Crippen LogP contribution in [0.3, 0.4) is 0 Å². The molecule has 2 fully saturated rings. The smallest absolute Gasteiger partial charge is 0.241 e. The fraction of sp³-hybridized carbons (Fsp3) is 0.364. The lowest BCUT2D eigenvalue weighted by molar-refractivity contribution is -0.139. The largest absolute Gasteiger partial charge is 0.340 e. The number of likely N-dealkylation sites (tertiary alicyclic amines) is 1. The Morgan fingerprint density at radius 2 is 1.50 bits per heavy atom. The number of aryl methyl sites for hydroxylation is 1. The van der Waals surface area contributed by atoms with E-state index in [0.717, 1.165) is 57.7 Å². The summed E-state index contributed by atoms with van der Waals surface area (Å²) < 4.78 is 5.54. The predicted octanol–water partition coefficient (Wildman–Crippen LogP) is 5.19. The van der Waals surface area contributed by atoms with Crippen molar-refractivity contribution in [2.45, 2.75) is 32.4 Å². The summed E-state index contributed by atoms with van der Waals surface area (Å²) in [5, 5.41) is 4.18. The number of benzene rings is 3. The molecule has 0 atom stereocenters. The number of piperidine rings is 1. The van der Waals surface area contributed by atoms with Crippen molar-refractivity contribution in [1.29, 1.82) is 0 Å². The molecule has 7 nitrogen and oxygen atoms in total. The lowest BCUT2D eigenvalue weighted by Crippen LogP contribution is -2.52. The van der Waals surface area contributed by atoms with Gasteiger partial charge in [0.2, 0.25) is 17.6 Å². The van der Waals surface area contributed by atoms with Crippen LogP contribution in [0.4, 0.5) is 0 Å². The first-order valence-electron chi connectivity index (χ1n) is 14.4. The molecule has 2 aliphatic heterocycles. The van der Waals surface area contributed by atoms with Gasteiger partial charge in [0.05, 0.1) is 12.6 Å². The Balaban J connectivity index is 1.01. The lowest BCUT2D eigenvalue weighted by Gasteiger charge is -2.41. The molecule has 2 saturated heterocycles. The molecule has 0 bridgehead atoms. The molecular formula is C33H37N5O2. The van der Waals surface area contributed by atoms with E-state index in [-0.39, 0.29) is 12.0 Å². The quantitative estimate of drug-likeness (QED) is 0.325. The first kappa shape index (κ1) is 26.4. The zero-order valence-corrected chi connectivity index (χ0v) is 23.2. The van der Waals surface area contributed by atoms with Gasteiger partial charge in [0, 0.05) is 37.7 Å². The SMILES string of the molecule is Cc1cccc(-c2noc(CN3CCC(C(=O)N4CCN(C(c5ccccc5)c5ccccc5)CC4)CC3)n2)c1. The van der Waals surface area contributed by atoms with Crippen LogP contribution in [-0.4, -0.2) is 70.0 Å². The van der Waals surface area contributed by atoms with Crippen LogP contribution in [0, 0.1) is 12.8 Å². The number of aromatic nitrogens is 2. The fourth-order valence-corrected chi connectivity index (χ4v) is 6.09. The molecule has 3 aromatic carbocycles. The number of nitrogens with zero attached hydrogens (tertiary/aromatic N) is 5. The summed E-state index contributed by atoms with van der Waals surface area (Å²) in [5.74, 6) is 1.66. The second kappa shape index (κ2) is 12.1. The number of carbonyl (C=O) groups excluding carboxylic acids is 1. The molecule has 0 saturated carbocycles. The van der Waals surface area contributed by atoms with Crippen LogP contribution in [-0.2, 0) is 11.3 Å². The monoisotopic (exact) mass is 535 g/mol. The molecule has 0 spiro atoms. The van der Waals surface area contributed by atoms with Gasteiger partial charge in [-0.15, -0.1) is 0 Å². The molecule has 0 N–H and O–H groups in total. The molecule has 3 heterocycles. The van der Waals surface area contributed by atoms with Crippen molar-refractivity contribution in [3.8, 4) is 11.4 Å². The summed E-state index contributed by atoms with van der Waals surface area (Å²) in [6, 6.07) is 29.8. The predicted molar refractivity (Wildman–Crippen MR) is 155 cm³/mol.